The molecule has 1 aliphatic carbocycles. The highest BCUT2D eigenvalue weighted by atomic mass is 16.5. The molecule has 1 saturated heterocycles. The van der Waals surface area contributed by atoms with Crippen molar-refractivity contribution < 1.29 is 19.4 Å². The van der Waals surface area contributed by atoms with Gasteiger partial charge < -0.3 is 25.2 Å². The Morgan fingerprint density at radius 1 is 1.04 bits per heavy atom. The van der Waals surface area contributed by atoms with Gasteiger partial charge in [0.05, 0.1) is 38.2 Å². The van der Waals surface area contributed by atoms with Gasteiger partial charge in [0.2, 0.25) is 11.6 Å². The van der Waals surface area contributed by atoms with E-state index in [1.165, 1.54) is 14.1 Å². The maximum atomic E-state index is 13.1. The number of methoxy groups -OCH3 is 1. The maximum absolute atomic E-state index is 13.1. The highest BCUT2D eigenvalue weighted by Gasteiger charge is 2.34. The second-order valence-corrected chi connectivity index (χ2v) is 11.6. The smallest absolute Gasteiger partial charge is 0.346 e. The average molecular weight is 613 g/mol. The van der Waals surface area contributed by atoms with Gasteiger partial charge in [0, 0.05) is 37.0 Å². The number of benzene rings is 2. The third-order valence-electron chi connectivity index (χ3n) is 8.84. The molecule has 6 rings (SSSR count). The van der Waals surface area contributed by atoms with Crippen LogP contribution >= 0.6 is 0 Å². The summed E-state index contributed by atoms with van der Waals surface area (Å²) in [5.74, 6) is -0.135. The van der Waals surface area contributed by atoms with Crippen LogP contribution in [0.25, 0.3) is 22.4 Å². The fraction of sp³-hybridized carbons (Fsp3) is 0.364. The molecule has 1 aliphatic heterocycles. The molecule has 3 heterocycles. The lowest BCUT2D eigenvalue weighted by Gasteiger charge is -2.22. The minimum Gasteiger partial charge on any atom is -0.481 e. The number of hydrogen-bond acceptors (Lipinski definition) is 9. The number of carbonyl (C=O) groups excluding carboxylic acids is 1. The Labute approximate surface area is 259 Å². The first kappa shape index (κ1) is 30.4. The van der Waals surface area contributed by atoms with E-state index >= 15 is 0 Å². The summed E-state index contributed by atoms with van der Waals surface area (Å²) in [6.07, 6.45) is 1.19. The standard InChI is InChI=1S/C33H36N6O6/c1-17-20(21-9-7-11-23(18(21)2)35-30(41)29-32(42)38(3)33(43)39(4)37-29)8-6-10-22(17)25-14-19-12-13-24(28(19)31(36-25)44-5)34-26-15-45-16-27(26)40/h6-11,14,24,26-27,34,40H,12-13,15-16H2,1-5H3,(H,35,41)/t24-,26-,27-/m1/s1. The molecule has 0 saturated carbocycles. The molecule has 12 heteroatoms. The van der Waals surface area contributed by atoms with Gasteiger partial charge in [-0.1, -0.05) is 30.3 Å². The van der Waals surface area contributed by atoms with Crippen LogP contribution in [0, 0.1) is 13.8 Å². The summed E-state index contributed by atoms with van der Waals surface area (Å²) >= 11 is 0. The van der Waals surface area contributed by atoms with E-state index in [0.29, 0.717) is 24.8 Å². The van der Waals surface area contributed by atoms with E-state index in [2.05, 4.69) is 21.8 Å². The van der Waals surface area contributed by atoms with Gasteiger partial charge in [-0.25, -0.2) is 14.5 Å². The number of amides is 1. The Balaban J connectivity index is 1.32. The monoisotopic (exact) mass is 612 g/mol. The van der Waals surface area contributed by atoms with Crippen molar-refractivity contribution in [1.29, 1.82) is 0 Å². The summed E-state index contributed by atoms with van der Waals surface area (Å²) in [6.45, 7) is 4.75. The molecule has 0 unspecified atom stereocenters. The van der Waals surface area contributed by atoms with E-state index in [0.717, 1.165) is 66.7 Å². The number of hydrogen-bond donors (Lipinski definition) is 3. The zero-order valence-electron chi connectivity index (χ0n) is 25.9. The van der Waals surface area contributed by atoms with Gasteiger partial charge in [-0.05, 0) is 66.6 Å². The van der Waals surface area contributed by atoms with Crippen LogP contribution in [-0.2, 0) is 25.3 Å². The zero-order valence-corrected chi connectivity index (χ0v) is 25.9. The minimum absolute atomic E-state index is 0.0158. The van der Waals surface area contributed by atoms with Crippen molar-refractivity contribution in [3.63, 3.8) is 0 Å². The second-order valence-electron chi connectivity index (χ2n) is 11.6. The van der Waals surface area contributed by atoms with Gasteiger partial charge in [-0.15, -0.1) is 0 Å². The van der Waals surface area contributed by atoms with E-state index < -0.39 is 23.3 Å². The quantitative estimate of drug-likeness (QED) is 0.286. The molecule has 0 bridgehead atoms. The Morgan fingerprint density at radius 2 is 1.76 bits per heavy atom. The Hall–Kier alpha value is -4.65. The molecule has 1 amide bonds. The molecule has 45 heavy (non-hydrogen) atoms. The van der Waals surface area contributed by atoms with Gasteiger partial charge in [0.15, 0.2) is 0 Å². The summed E-state index contributed by atoms with van der Waals surface area (Å²) in [4.78, 5) is 42.6. The number of aryl methyl sites for hydroxylation is 2. The van der Waals surface area contributed by atoms with Crippen LogP contribution in [0.1, 0.15) is 45.2 Å². The van der Waals surface area contributed by atoms with Crippen molar-refractivity contribution in [3.8, 4) is 28.3 Å². The van der Waals surface area contributed by atoms with Gasteiger partial charge in [-0.2, -0.15) is 5.10 Å². The first-order valence-electron chi connectivity index (χ1n) is 14.8. The van der Waals surface area contributed by atoms with Crippen LogP contribution in [0.2, 0.25) is 0 Å². The molecule has 234 valence electrons. The molecule has 4 aromatic rings. The lowest BCUT2D eigenvalue weighted by Crippen LogP contribution is -2.43. The van der Waals surface area contributed by atoms with E-state index in [1.54, 1.807) is 13.2 Å². The Morgan fingerprint density at radius 3 is 2.47 bits per heavy atom. The number of aliphatic hydroxyl groups is 1. The maximum Gasteiger partial charge on any atom is 0.346 e. The molecule has 1 fully saturated rings. The molecular formula is C33H36N6O6. The molecule has 0 radical (unpaired) electrons. The summed E-state index contributed by atoms with van der Waals surface area (Å²) < 4.78 is 13.0. The topological polar surface area (TPSA) is 150 Å². The second kappa shape index (κ2) is 12.0. The van der Waals surface area contributed by atoms with Crippen LogP contribution in [0.3, 0.4) is 0 Å². The zero-order chi connectivity index (χ0) is 32.0. The van der Waals surface area contributed by atoms with Gasteiger partial charge >= 0.3 is 5.69 Å². The van der Waals surface area contributed by atoms with E-state index in [-0.39, 0.29) is 17.8 Å². The van der Waals surface area contributed by atoms with Crippen molar-refractivity contribution in [2.75, 3.05) is 25.6 Å². The summed E-state index contributed by atoms with van der Waals surface area (Å²) in [6, 6.07) is 13.6. The van der Waals surface area contributed by atoms with Crippen LogP contribution in [0.4, 0.5) is 5.69 Å². The van der Waals surface area contributed by atoms with Crippen molar-refractivity contribution in [2.24, 2.45) is 14.1 Å². The van der Waals surface area contributed by atoms with Crippen molar-refractivity contribution >= 4 is 11.6 Å². The molecule has 2 aromatic carbocycles. The number of aromatic nitrogens is 4. The molecule has 2 aliphatic rings. The van der Waals surface area contributed by atoms with E-state index in [1.807, 2.05) is 44.2 Å². The molecule has 3 N–H and O–H groups in total. The van der Waals surface area contributed by atoms with E-state index in [4.69, 9.17) is 14.5 Å². The fourth-order valence-electron chi connectivity index (χ4n) is 6.32. The Kier molecular flexibility index (Phi) is 8.12. The lowest BCUT2D eigenvalue weighted by molar-refractivity contribution is 0.101. The number of ether oxygens (including phenoxy) is 2. The molecular weight excluding hydrogens is 576 g/mol. The molecule has 3 atom stereocenters. The number of anilines is 1. The summed E-state index contributed by atoms with van der Waals surface area (Å²) in [5.41, 5.74) is 6.39. The summed E-state index contributed by atoms with van der Waals surface area (Å²) in [5, 5.41) is 20.5. The third-order valence-corrected chi connectivity index (χ3v) is 8.84. The Bertz CT molecular complexity index is 1930. The first-order chi connectivity index (χ1) is 21.6. The predicted molar refractivity (Wildman–Crippen MR) is 169 cm³/mol. The number of pyridine rings is 1. The summed E-state index contributed by atoms with van der Waals surface area (Å²) in [7, 11) is 4.32. The lowest BCUT2D eigenvalue weighted by atomic mass is 9.91. The molecule has 12 nitrogen and oxygen atoms in total. The fourth-order valence-corrected chi connectivity index (χ4v) is 6.32. The number of aliphatic hydroxyl groups excluding tert-OH is 1. The van der Waals surface area contributed by atoms with Crippen LogP contribution < -0.4 is 26.6 Å². The van der Waals surface area contributed by atoms with Gasteiger partial charge in [0.25, 0.3) is 11.5 Å². The van der Waals surface area contributed by atoms with Crippen molar-refractivity contribution in [1.82, 2.24) is 24.6 Å². The van der Waals surface area contributed by atoms with Crippen LogP contribution in [0.15, 0.2) is 52.1 Å². The number of nitrogens with zero attached hydrogens (tertiary/aromatic N) is 4. The number of fused-ring (bicyclic) bond motifs is 1. The van der Waals surface area contributed by atoms with Crippen molar-refractivity contribution in [3.05, 3.63) is 91.3 Å². The average Bonchev–Trinajstić information content (AvgIpc) is 3.64. The number of nitrogens with one attached hydrogen (secondary N) is 2. The predicted octanol–water partition coefficient (Wildman–Crippen LogP) is 2.42. The van der Waals surface area contributed by atoms with Gasteiger partial charge in [0.1, 0.15) is 0 Å². The SMILES string of the molecule is COc1nc(-c2cccc(-c3cccc(NC(=O)c4nn(C)c(=O)n(C)c4=O)c3C)c2C)cc2c1[C@H](N[C@@H]1COC[C@H]1O)CC2. The van der Waals surface area contributed by atoms with Crippen LogP contribution in [-0.4, -0.2) is 62.8 Å². The minimum atomic E-state index is -0.766. The molecule has 0 spiro atoms. The van der Waals surface area contributed by atoms with Crippen molar-refractivity contribution in [2.45, 2.75) is 44.9 Å². The van der Waals surface area contributed by atoms with E-state index in [9.17, 15) is 19.5 Å². The van der Waals surface area contributed by atoms with Gasteiger partial charge in [-0.3, -0.25) is 14.2 Å². The highest BCUT2D eigenvalue weighted by molar-refractivity contribution is 6.03. The number of rotatable bonds is 7. The largest absolute Gasteiger partial charge is 0.481 e. The normalized spacial score (nSPS) is 19.0. The third kappa shape index (κ3) is 5.45. The highest BCUT2D eigenvalue weighted by Crippen LogP contribution is 2.41. The first-order valence-corrected chi connectivity index (χ1v) is 14.8. The molecule has 2 aromatic heterocycles. The number of carbonyl (C=O) groups is 1. The van der Waals surface area contributed by atoms with Crippen LogP contribution in [0.5, 0.6) is 5.88 Å².